The molecule has 0 amide bonds. The number of aromatic nitrogens is 1. The van der Waals surface area contributed by atoms with Gasteiger partial charge in [-0.1, -0.05) is 62.6 Å². The molecule has 0 saturated carbocycles. The first-order valence-corrected chi connectivity index (χ1v) is 8.52. The van der Waals surface area contributed by atoms with E-state index in [0.717, 1.165) is 11.9 Å². The number of unbranched alkanes of at least 4 members (excludes halogenated alkanes) is 3. The van der Waals surface area contributed by atoms with E-state index < -0.39 is 0 Å². The average molecular weight is 299 g/mol. The van der Waals surface area contributed by atoms with Gasteiger partial charge in [-0.2, -0.15) is 0 Å². The van der Waals surface area contributed by atoms with Crippen LogP contribution in [0.25, 0.3) is 22.0 Å². The van der Waals surface area contributed by atoms with Gasteiger partial charge in [0.1, 0.15) is 7.85 Å². The minimum absolute atomic E-state index is 0.576. The molecular formula is C21H22BN. The Morgan fingerprint density at radius 2 is 1.74 bits per heavy atom. The van der Waals surface area contributed by atoms with Gasteiger partial charge >= 0.3 is 0 Å². The van der Waals surface area contributed by atoms with E-state index in [4.69, 9.17) is 7.85 Å². The molecule has 0 unspecified atom stereocenters. The number of aryl methyl sites for hydroxylation is 1. The van der Waals surface area contributed by atoms with Gasteiger partial charge < -0.3 is 0 Å². The lowest BCUT2D eigenvalue weighted by atomic mass is 9.93. The lowest BCUT2D eigenvalue weighted by Gasteiger charge is -2.10. The Morgan fingerprint density at radius 1 is 0.913 bits per heavy atom. The molecule has 3 rings (SSSR count). The Bertz CT molecular complexity index is 780. The molecule has 0 saturated heterocycles. The zero-order chi connectivity index (χ0) is 16.1. The van der Waals surface area contributed by atoms with Crippen LogP contribution in [-0.4, -0.2) is 12.8 Å². The third-order valence-corrected chi connectivity index (χ3v) is 4.30. The number of hydrogen-bond acceptors (Lipinski definition) is 1. The summed E-state index contributed by atoms with van der Waals surface area (Å²) in [6.45, 7) is 2.25. The molecule has 0 bridgehead atoms. The number of pyridine rings is 1. The second kappa shape index (κ2) is 7.46. The van der Waals surface area contributed by atoms with Crippen LogP contribution < -0.4 is 5.59 Å². The number of benzene rings is 2. The molecule has 0 atom stereocenters. The standard InChI is InChI=1S/C21H22BN/c1-2-3-4-6-9-16-12-13-20-19(14-16)18(15-21(22)23-20)17-10-7-5-8-11-17/h5,7-8,10-15H,2-4,6,9H2,1H3. The van der Waals surface area contributed by atoms with Gasteiger partial charge in [0.05, 0.1) is 5.52 Å². The summed E-state index contributed by atoms with van der Waals surface area (Å²) in [6, 6.07) is 19.0. The summed E-state index contributed by atoms with van der Waals surface area (Å²) in [5.74, 6) is 0. The zero-order valence-corrected chi connectivity index (χ0v) is 13.8. The van der Waals surface area contributed by atoms with E-state index in [0.29, 0.717) is 5.59 Å². The average Bonchev–Trinajstić information content (AvgIpc) is 2.59. The van der Waals surface area contributed by atoms with Gasteiger partial charge in [-0.25, -0.2) is 0 Å². The van der Waals surface area contributed by atoms with E-state index in [1.165, 1.54) is 47.8 Å². The monoisotopic (exact) mass is 299 g/mol. The largest absolute Gasteiger partial charge is 0.264 e. The fourth-order valence-corrected chi connectivity index (χ4v) is 3.06. The second-order valence-electron chi connectivity index (χ2n) is 6.12. The van der Waals surface area contributed by atoms with E-state index in [1.807, 2.05) is 12.1 Å². The summed E-state index contributed by atoms with van der Waals surface area (Å²) < 4.78 is 0. The van der Waals surface area contributed by atoms with Crippen LogP contribution in [0.2, 0.25) is 0 Å². The van der Waals surface area contributed by atoms with Crippen molar-refractivity contribution in [3.8, 4) is 11.1 Å². The molecule has 1 aromatic heterocycles. The van der Waals surface area contributed by atoms with E-state index in [-0.39, 0.29) is 0 Å². The minimum atomic E-state index is 0.576. The Balaban J connectivity index is 1.98. The molecule has 2 radical (unpaired) electrons. The highest BCUT2D eigenvalue weighted by Crippen LogP contribution is 2.27. The molecule has 3 aromatic rings. The predicted octanol–water partition coefficient (Wildman–Crippen LogP) is 4.82. The van der Waals surface area contributed by atoms with Gasteiger partial charge in [0.25, 0.3) is 0 Å². The molecule has 0 aliphatic heterocycles. The van der Waals surface area contributed by atoms with Crippen LogP contribution in [-0.2, 0) is 6.42 Å². The van der Waals surface area contributed by atoms with Gasteiger partial charge in [0.15, 0.2) is 0 Å². The van der Waals surface area contributed by atoms with Gasteiger partial charge in [-0.05, 0) is 53.3 Å². The molecule has 114 valence electrons. The first kappa shape index (κ1) is 15.8. The summed E-state index contributed by atoms with van der Waals surface area (Å²) in [5.41, 5.74) is 5.30. The highest BCUT2D eigenvalue weighted by atomic mass is 14.7. The summed E-state index contributed by atoms with van der Waals surface area (Å²) in [6.07, 6.45) is 6.29. The van der Waals surface area contributed by atoms with Crippen molar-refractivity contribution in [3.05, 3.63) is 60.2 Å². The van der Waals surface area contributed by atoms with Crippen LogP contribution in [0.4, 0.5) is 0 Å². The topological polar surface area (TPSA) is 12.9 Å². The smallest absolute Gasteiger partial charge is 0.141 e. The lowest BCUT2D eigenvalue weighted by molar-refractivity contribution is 0.667. The van der Waals surface area contributed by atoms with Crippen LogP contribution in [0, 0.1) is 0 Å². The molecule has 1 heterocycles. The first-order valence-electron chi connectivity index (χ1n) is 8.52. The molecule has 1 nitrogen and oxygen atoms in total. The van der Waals surface area contributed by atoms with Crippen LogP contribution >= 0.6 is 0 Å². The SMILES string of the molecule is [B]c1cc(-c2ccccc2)c2cc(CCCCCC)ccc2n1. The highest BCUT2D eigenvalue weighted by molar-refractivity contribution is 6.31. The fraction of sp³-hybridized carbons (Fsp3) is 0.286. The molecule has 0 N–H and O–H groups in total. The van der Waals surface area contributed by atoms with Gasteiger partial charge in [-0.3, -0.25) is 4.98 Å². The molecule has 0 spiro atoms. The number of hydrogen-bond donors (Lipinski definition) is 0. The molecule has 0 fully saturated rings. The minimum Gasteiger partial charge on any atom is -0.264 e. The Kier molecular flexibility index (Phi) is 5.12. The Morgan fingerprint density at radius 3 is 2.52 bits per heavy atom. The Labute approximate surface area is 140 Å². The molecule has 0 aliphatic rings. The molecule has 0 aliphatic carbocycles. The van der Waals surface area contributed by atoms with Gasteiger partial charge in [0.2, 0.25) is 0 Å². The van der Waals surface area contributed by atoms with E-state index in [9.17, 15) is 0 Å². The Hall–Kier alpha value is -2.09. The number of rotatable bonds is 6. The second-order valence-corrected chi connectivity index (χ2v) is 6.12. The molecular weight excluding hydrogens is 277 g/mol. The number of fused-ring (bicyclic) bond motifs is 1. The molecule has 2 heteroatoms. The maximum absolute atomic E-state index is 6.00. The van der Waals surface area contributed by atoms with Crippen LogP contribution in [0.1, 0.15) is 38.2 Å². The summed E-state index contributed by atoms with van der Waals surface area (Å²) in [5, 5.41) is 1.19. The number of nitrogens with zero attached hydrogens (tertiary/aromatic N) is 1. The molecule has 2 aromatic carbocycles. The van der Waals surface area contributed by atoms with Crippen molar-refractivity contribution in [2.75, 3.05) is 0 Å². The van der Waals surface area contributed by atoms with Gasteiger partial charge in [0, 0.05) is 5.39 Å². The summed E-state index contributed by atoms with van der Waals surface area (Å²) in [7, 11) is 6.00. The maximum Gasteiger partial charge on any atom is 0.141 e. The summed E-state index contributed by atoms with van der Waals surface area (Å²) in [4.78, 5) is 4.49. The first-order chi connectivity index (χ1) is 11.3. The van der Waals surface area contributed by atoms with E-state index >= 15 is 0 Å². The zero-order valence-electron chi connectivity index (χ0n) is 13.8. The van der Waals surface area contributed by atoms with Crippen molar-refractivity contribution in [1.82, 2.24) is 4.98 Å². The molecule has 23 heavy (non-hydrogen) atoms. The highest BCUT2D eigenvalue weighted by Gasteiger charge is 2.07. The predicted molar refractivity (Wildman–Crippen MR) is 100 cm³/mol. The third-order valence-electron chi connectivity index (χ3n) is 4.30. The van der Waals surface area contributed by atoms with E-state index in [1.54, 1.807) is 0 Å². The van der Waals surface area contributed by atoms with Crippen molar-refractivity contribution < 1.29 is 0 Å². The maximum atomic E-state index is 6.00. The van der Waals surface area contributed by atoms with Gasteiger partial charge in [-0.15, -0.1) is 0 Å². The van der Waals surface area contributed by atoms with Crippen molar-refractivity contribution in [1.29, 1.82) is 0 Å². The summed E-state index contributed by atoms with van der Waals surface area (Å²) >= 11 is 0. The van der Waals surface area contributed by atoms with Crippen LogP contribution in [0.15, 0.2) is 54.6 Å². The van der Waals surface area contributed by atoms with Crippen molar-refractivity contribution in [2.24, 2.45) is 0 Å². The quantitative estimate of drug-likeness (QED) is 0.470. The van der Waals surface area contributed by atoms with E-state index in [2.05, 4.69) is 54.4 Å². The van der Waals surface area contributed by atoms with Crippen molar-refractivity contribution in [2.45, 2.75) is 39.0 Å². The van der Waals surface area contributed by atoms with Crippen molar-refractivity contribution >= 4 is 24.3 Å². The van der Waals surface area contributed by atoms with Crippen LogP contribution in [0.3, 0.4) is 0 Å². The van der Waals surface area contributed by atoms with Crippen LogP contribution in [0.5, 0.6) is 0 Å². The van der Waals surface area contributed by atoms with Crippen molar-refractivity contribution in [3.63, 3.8) is 0 Å². The fourth-order valence-electron chi connectivity index (χ4n) is 3.06. The normalized spacial score (nSPS) is 11.0. The third kappa shape index (κ3) is 3.82. The lowest BCUT2D eigenvalue weighted by Crippen LogP contribution is -2.08.